The number of fused-ring (bicyclic) bond motifs is 1. The Morgan fingerprint density at radius 1 is 1.07 bits per heavy atom. The highest BCUT2D eigenvalue weighted by Gasteiger charge is 2.32. The average molecular weight is 361 g/mol. The van der Waals surface area contributed by atoms with Gasteiger partial charge in [-0.3, -0.25) is 9.69 Å². The summed E-state index contributed by atoms with van der Waals surface area (Å²) >= 11 is 0. The molecule has 5 nitrogen and oxygen atoms in total. The molecule has 0 fully saturated rings. The summed E-state index contributed by atoms with van der Waals surface area (Å²) < 4.78 is 5.71. The van der Waals surface area contributed by atoms with E-state index in [1.165, 1.54) is 11.1 Å². The van der Waals surface area contributed by atoms with Gasteiger partial charge in [-0.05, 0) is 18.1 Å². The maximum Gasteiger partial charge on any atom is 0.234 e. The normalized spacial score (nSPS) is 15.5. The Bertz CT molecular complexity index is 882. The number of nitrogens with two attached hydrogens (primary N) is 1. The monoisotopic (exact) mass is 361 g/mol. The molecule has 0 unspecified atom stereocenters. The van der Waals surface area contributed by atoms with E-state index in [1.54, 1.807) is 0 Å². The van der Waals surface area contributed by atoms with E-state index in [2.05, 4.69) is 34.3 Å². The Balaban J connectivity index is 1.77. The van der Waals surface area contributed by atoms with Crippen molar-refractivity contribution in [3.8, 4) is 0 Å². The van der Waals surface area contributed by atoms with Crippen LogP contribution in [0.4, 0.5) is 0 Å². The SMILES string of the molecule is C[C@@H](C(N)=O)N1CCc2onc(C(c3ccccc3)c3ccccc3)c2C1. The average Bonchev–Trinajstić information content (AvgIpc) is 3.12. The molecule has 27 heavy (non-hydrogen) atoms. The second kappa shape index (κ2) is 7.37. The van der Waals surface area contributed by atoms with Gasteiger partial charge < -0.3 is 10.3 Å². The summed E-state index contributed by atoms with van der Waals surface area (Å²) in [6.07, 6.45) is 0.732. The van der Waals surface area contributed by atoms with Crippen molar-refractivity contribution in [2.24, 2.45) is 5.73 Å². The van der Waals surface area contributed by atoms with Gasteiger partial charge in [-0.25, -0.2) is 0 Å². The molecule has 1 aliphatic rings. The minimum atomic E-state index is -0.312. The molecule has 0 radical (unpaired) electrons. The van der Waals surface area contributed by atoms with Crippen molar-refractivity contribution in [2.75, 3.05) is 6.54 Å². The lowest BCUT2D eigenvalue weighted by molar-refractivity contribution is -0.123. The highest BCUT2D eigenvalue weighted by Crippen LogP contribution is 2.36. The van der Waals surface area contributed by atoms with E-state index in [1.807, 2.05) is 43.3 Å². The minimum Gasteiger partial charge on any atom is -0.368 e. The molecule has 0 bridgehead atoms. The van der Waals surface area contributed by atoms with Crippen molar-refractivity contribution in [2.45, 2.75) is 31.8 Å². The fourth-order valence-electron chi connectivity index (χ4n) is 3.79. The van der Waals surface area contributed by atoms with Crippen LogP contribution in [0.5, 0.6) is 0 Å². The Labute approximate surface area is 158 Å². The molecule has 1 amide bonds. The van der Waals surface area contributed by atoms with E-state index < -0.39 is 0 Å². The number of rotatable bonds is 5. The van der Waals surface area contributed by atoms with E-state index in [0.717, 1.165) is 30.0 Å². The van der Waals surface area contributed by atoms with Crippen LogP contribution in [0.1, 0.15) is 41.0 Å². The van der Waals surface area contributed by atoms with Gasteiger partial charge in [0, 0.05) is 25.1 Å². The van der Waals surface area contributed by atoms with E-state index in [0.29, 0.717) is 6.54 Å². The molecule has 0 saturated carbocycles. The predicted octanol–water partition coefficient (Wildman–Crippen LogP) is 3.09. The Morgan fingerprint density at radius 3 is 2.22 bits per heavy atom. The van der Waals surface area contributed by atoms with Gasteiger partial charge in [0.25, 0.3) is 0 Å². The van der Waals surface area contributed by atoms with Gasteiger partial charge in [0.1, 0.15) is 11.5 Å². The fraction of sp³-hybridized carbons (Fsp3) is 0.273. The van der Waals surface area contributed by atoms with E-state index in [4.69, 9.17) is 10.3 Å². The Kier molecular flexibility index (Phi) is 4.77. The van der Waals surface area contributed by atoms with Gasteiger partial charge >= 0.3 is 0 Å². The third-order valence-corrected chi connectivity index (χ3v) is 5.39. The third kappa shape index (κ3) is 3.38. The number of carbonyl (C=O) groups excluding carboxylic acids is 1. The standard InChI is InChI=1S/C22H23N3O2/c1-15(22(23)26)25-13-12-19-18(14-25)21(24-27-19)20(16-8-4-2-5-9-16)17-10-6-3-7-11-17/h2-11,15,20H,12-14H2,1H3,(H2,23,26)/t15-/m0/s1. The maximum absolute atomic E-state index is 11.7. The number of benzene rings is 2. The lowest BCUT2D eigenvalue weighted by atomic mass is 9.85. The summed E-state index contributed by atoms with van der Waals surface area (Å²) in [5, 5.41) is 4.47. The summed E-state index contributed by atoms with van der Waals surface area (Å²) in [5.74, 6) is 0.595. The van der Waals surface area contributed by atoms with Crippen molar-refractivity contribution >= 4 is 5.91 Å². The lowest BCUT2D eigenvalue weighted by Gasteiger charge is -2.30. The van der Waals surface area contributed by atoms with E-state index in [-0.39, 0.29) is 17.9 Å². The summed E-state index contributed by atoms with van der Waals surface area (Å²) in [5.41, 5.74) is 9.85. The summed E-state index contributed by atoms with van der Waals surface area (Å²) in [6, 6.07) is 20.3. The van der Waals surface area contributed by atoms with Crippen LogP contribution >= 0.6 is 0 Å². The molecule has 2 aromatic carbocycles. The predicted molar refractivity (Wildman–Crippen MR) is 103 cm³/mol. The van der Waals surface area contributed by atoms with Gasteiger partial charge in [0.2, 0.25) is 5.91 Å². The van der Waals surface area contributed by atoms with Crippen LogP contribution in [0.3, 0.4) is 0 Å². The van der Waals surface area contributed by atoms with Crippen LogP contribution in [0.15, 0.2) is 65.2 Å². The first-order valence-electron chi connectivity index (χ1n) is 9.25. The van der Waals surface area contributed by atoms with Gasteiger partial charge in [-0.15, -0.1) is 0 Å². The van der Waals surface area contributed by atoms with Crippen LogP contribution in [0.2, 0.25) is 0 Å². The Morgan fingerprint density at radius 2 is 1.67 bits per heavy atom. The maximum atomic E-state index is 11.7. The summed E-state index contributed by atoms with van der Waals surface area (Å²) in [7, 11) is 0. The second-order valence-corrected chi connectivity index (χ2v) is 7.02. The van der Waals surface area contributed by atoms with Crippen molar-refractivity contribution in [3.05, 3.63) is 88.8 Å². The first kappa shape index (κ1) is 17.5. The smallest absolute Gasteiger partial charge is 0.234 e. The summed E-state index contributed by atoms with van der Waals surface area (Å²) in [4.78, 5) is 13.7. The molecule has 2 N–H and O–H groups in total. The van der Waals surface area contributed by atoms with Crippen LogP contribution < -0.4 is 5.73 Å². The molecule has 0 spiro atoms. The second-order valence-electron chi connectivity index (χ2n) is 7.02. The minimum absolute atomic E-state index is 0.0104. The van der Waals surface area contributed by atoms with Gasteiger partial charge in [-0.1, -0.05) is 65.8 Å². The molecular formula is C22H23N3O2. The zero-order chi connectivity index (χ0) is 18.8. The number of primary amides is 1. The zero-order valence-corrected chi connectivity index (χ0v) is 15.3. The van der Waals surface area contributed by atoms with E-state index >= 15 is 0 Å². The van der Waals surface area contributed by atoms with Crippen molar-refractivity contribution in [3.63, 3.8) is 0 Å². The molecule has 2 heterocycles. The third-order valence-electron chi connectivity index (χ3n) is 5.39. The van der Waals surface area contributed by atoms with Crippen molar-refractivity contribution in [1.82, 2.24) is 10.1 Å². The fourth-order valence-corrected chi connectivity index (χ4v) is 3.79. The number of aromatic nitrogens is 1. The van der Waals surface area contributed by atoms with Crippen LogP contribution in [0, 0.1) is 0 Å². The van der Waals surface area contributed by atoms with Crippen molar-refractivity contribution in [1.29, 1.82) is 0 Å². The molecule has 1 atom stereocenters. The van der Waals surface area contributed by atoms with Crippen LogP contribution in [-0.2, 0) is 17.8 Å². The Hall–Kier alpha value is -2.92. The van der Waals surface area contributed by atoms with E-state index in [9.17, 15) is 4.79 Å². The highest BCUT2D eigenvalue weighted by atomic mass is 16.5. The van der Waals surface area contributed by atoms with Gasteiger partial charge in [0.15, 0.2) is 0 Å². The largest absolute Gasteiger partial charge is 0.368 e. The lowest BCUT2D eigenvalue weighted by Crippen LogP contribution is -2.45. The van der Waals surface area contributed by atoms with Crippen molar-refractivity contribution < 1.29 is 9.32 Å². The van der Waals surface area contributed by atoms with Crippen LogP contribution in [0.25, 0.3) is 0 Å². The molecule has 3 aromatic rings. The number of nitrogens with zero attached hydrogens (tertiary/aromatic N) is 2. The zero-order valence-electron chi connectivity index (χ0n) is 15.3. The number of hydrogen-bond donors (Lipinski definition) is 1. The number of amides is 1. The molecule has 5 heteroatoms. The first-order chi connectivity index (χ1) is 13.1. The molecule has 4 rings (SSSR count). The molecular weight excluding hydrogens is 338 g/mol. The van der Waals surface area contributed by atoms with Crippen LogP contribution in [-0.4, -0.2) is 28.6 Å². The topological polar surface area (TPSA) is 72.4 Å². The molecule has 0 saturated heterocycles. The molecule has 0 aliphatic carbocycles. The quantitative estimate of drug-likeness (QED) is 0.758. The number of hydrogen-bond acceptors (Lipinski definition) is 4. The first-order valence-corrected chi connectivity index (χ1v) is 9.25. The molecule has 1 aromatic heterocycles. The molecule has 1 aliphatic heterocycles. The number of carbonyl (C=O) groups is 1. The highest BCUT2D eigenvalue weighted by molar-refractivity contribution is 5.79. The van der Waals surface area contributed by atoms with Gasteiger partial charge in [-0.2, -0.15) is 0 Å². The molecule has 138 valence electrons. The van der Waals surface area contributed by atoms with Gasteiger partial charge in [0.05, 0.1) is 12.0 Å². The summed E-state index contributed by atoms with van der Waals surface area (Å²) in [6.45, 7) is 3.22.